The van der Waals surface area contributed by atoms with Crippen LogP contribution in [-0.2, 0) is 0 Å². The zero-order valence-electron chi connectivity index (χ0n) is 14.4. The number of nitro groups is 1. The Kier molecular flexibility index (Phi) is 5.46. The molecule has 0 aromatic heterocycles. The van der Waals surface area contributed by atoms with E-state index in [1.165, 1.54) is 19.2 Å². The molecule has 1 fully saturated rings. The molecule has 0 atom stereocenters. The van der Waals surface area contributed by atoms with Crippen molar-refractivity contribution >= 4 is 5.69 Å². The Morgan fingerprint density at radius 1 is 1.26 bits per heavy atom. The molecule has 0 bridgehead atoms. The van der Waals surface area contributed by atoms with Crippen molar-refractivity contribution in [2.24, 2.45) is 5.92 Å². The highest BCUT2D eigenvalue weighted by atomic mass is 16.6. The van der Waals surface area contributed by atoms with E-state index < -0.39 is 4.92 Å². The summed E-state index contributed by atoms with van der Waals surface area (Å²) in [5, 5.41) is 10.9. The van der Waals surface area contributed by atoms with Gasteiger partial charge >= 0.3 is 0 Å². The van der Waals surface area contributed by atoms with Gasteiger partial charge in [0.2, 0.25) is 0 Å². The van der Waals surface area contributed by atoms with E-state index in [-0.39, 0.29) is 11.2 Å². The summed E-state index contributed by atoms with van der Waals surface area (Å²) in [5.41, 5.74) is 0.220. The topological polar surface area (TPSA) is 64.8 Å². The summed E-state index contributed by atoms with van der Waals surface area (Å²) in [6.07, 6.45) is 2.16. The molecule has 0 N–H and O–H groups in total. The first-order chi connectivity index (χ1) is 10.8. The number of hydrogen-bond donors (Lipinski definition) is 0. The molecule has 6 heteroatoms. The van der Waals surface area contributed by atoms with E-state index in [0.717, 1.165) is 25.9 Å². The third kappa shape index (κ3) is 4.58. The molecule has 1 saturated heterocycles. The molecule has 2 rings (SSSR count). The summed E-state index contributed by atoms with van der Waals surface area (Å²) < 4.78 is 11.1. The van der Waals surface area contributed by atoms with Crippen molar-refractivity contribution < 1.29 is 14.4 Å². The van der Waals surface area contributed by atoms with Crippen molar-refractivity contribution in [1.29, 1.82) is 0 Å². The average molecular weight is 322 g/mol. The number of rotatable bonds is 5. The molecule has 6 nitrogen and oxygen atoms in total. The second-order valence-electron chi connectivity index (χ2n) is 7.00. The number of benzene rings is 1. The number of non-ortho nitro benzene ring substituents is 1. The first-order valence-electron chi connectivity index (χ1n) is 8.01. The standard InChI is InChI=1S/C17H26N2O4/c1-17(2,3)18-9-7-13(8-10-18)12-23-16-11-14(19(20)21)5-6-15(16)22-4/h5-6,11,13H,7-10,12H2,1-4H3. The summed E-state index contributed by atoms with van der Waals surface area (Å²) in [6, 6.07) is 4.44. The lowest BCUT2D eigenvalue weighted by Crippen LogP contribution is -2.46. The Hall–Kier alpha value is -1.82. The predicted molar refractivity (Wildman–Crippen MR) is 89.2 cm³/mol. The number of methoxy groups -OCH3 is 1. The smallest absolute Gasteiger partial charge is 0.273 e. The average Bonchev–Trinajstić information content (AvgIpc) is 2.52. The van der Waals surface area contributed by atoms with Gasteiger partial charge in [-0.25, -0.2) is 0 Å². The summed E-state index contributed by atoms with van der Waals surface area (Å²) in [5.74, 6) is 1.44. The van der Waals surface area contributed by atoms with Crippen LogP contribution in [0, 0.1) is 16.0 Å². The fraction of sp³-hybridized carbons (Fsp3) is 0.647. The van der Waals surface area contributed by atoms with Crippen LogP contribution in [0.4, 0.5) is 5.69 Å². The van der Waals surface area contributed by atoms with Crippen LogP contribution in [0.3, 0.4) is 0 Å². The Balaban J connectivity index is 1.94. The third-order valence-electron chi connectivity index (χ3n) is 4.40. The van der Waals surface area contributed by atoms with Crippen molar-refractivity contribution in [3.63, 3.8) is 0 Å². The monoisotopic (exact) mass is 322 g/mol. The van der Waals surface area contributed by atoms with E-state index >= 15 is 0 Å². The van der Waals surface area contributed by atoms with E-state index in [1.807, 2.05) is 0 Å². The van der Waals surface area contributed by atoms with Gasteiger partial charge in [-0.3, -0.25) is 15.0 Å². The number of ether oxygens (including phenoxy) is 2. The van der Waals surface area contributed by atoms with Crippen molar-refractivity contribution in [3.8, 4) is 11.5 Å². The fourth-order valence-electron chi connectivity index (χ4n) is 2.87. The van der Waals surface area contributed by atoms with Crippen molar-refractivity contribution in [2.75, 3.05) is 26.8 Å². The van der Waals surface area contributed by atoms with Crippen LogP contribution >= 0.6 is 0 Å². The Bertz CT molecular complexity index is 546. The van der Waals surface area contributed by atoms with Gasteiger partial charge in [0, 0.05) is 11.6 Å². The molecule has 0 radical (unpaired) electrons. The maximum atomic E-state index is 10.9. The highest BCUT2D eigenvalue weighted by molar-refractivity contribution is 5.48. The van der Waals surface area contributed by atoms with Gasteiger partial charge in [0.1, 0.15) is 0 Å². The van der Waals surface area contributed by atoms with Gasteiger partial charge in [-0.1, -0.05) is 0 Å². The Morgan fingerprint density at radius 3 is 2.43 bits per heavy atom. The number of nitrogens with zero attached hydrogens (tertiary/aromatic N) is 2. The minimum absolute atomic E-state index is 0.0170. The highest BCUT2D eigenvalue weighted by Gasteiger charge is 2.27. The first kappa shape index (κ1) is 17.5. The van der Waals surface area contributed by atoms with E-state index in [2.05, 4.69) is 25.7 Å². The van der Waals surface area contributed by atoms with Gasteiger partial charge in [-0.15, -0.1) is 0 Å². The number of likely N-dealkylation sites (tertiary alicyclic amines) is 1. The van der Waals surface area contributed by atoms with Gasteiger partial charge < -0.3 is 9.47 Å². The lowest BCUT2D eigenvalue weighted by atomic mass is 9.94. The van der Waals surface area contributed by atoms with Crippen LogP contribution in [0.15, 0.2) is 18.2 Å². The van der Waals surface area contributed by atoms with Gasteiger partial charge in [0.25, 0.3) is 5.69 Å². The van der Waals surface area contributed by atoms with E-state index in [4.69, 9.17) is 9.47 Å². The maximum Gasteiger partial charge on any atom is 0.273 e. The second-order valence-corrected chi connectivity index (χ2v) is 7.00. The largest absolute Gasteiger partial charge is 0.493 e. The molecule has 23 heavy (non-hydrogen) atoms. The minimum atomic E-state index is -0.423. The van der Waals surface area contributed by atoms with Crippen LogP contribution in [0.2, 0.25) is 0 Å². The van der Waals surface area contributed by atoms with Crippen molar-refractivity contribution in [2.45, 2.75) is 39.2 Å². The van der Waals surface area contributed by atoms with Crippen LogP contribution < -0.4 is 9.47 Å². The summed E-state index contributed by atoms with van der Waals surface area (Å²) in [4.78, 5) is 13.0. The van der Waals surface area contributed by atoms with Gasteiger partial charge in [-0.05, 0) is 58.7 Å². The number of nitro benzene ring substituents is 1. The quantitative estimate of drug-likeness (QED) is 0.613. The van der Waals surface area contributed by atoms with Gasteiger partial charge in [-0.2, -0.15) is 0 Å². The normalized spacial score (nSPS) is 17.0. The summed E-state index contributed by atoms with van der Waals surface area (Å²) in [6.45, 7) is 9.39. The molecule has 1 aromatic carbocycles. The van der Waals surface area contributed by atoms with Crippen LogP contribution in [0.25, 0.3) is 0 Å². The second kappa shape index (κ2) is 7.17. The molecule has 128 valence electrons. The molecule has 0 aliphatic carbocycles. The van der Waals surface area contributed by atoms with Crippen molar-refractivity contribution in [3.05, 3.63) is 28.3 Å². The maximum absolute atomic E-state index is 10.9. The van der Waals surface area contributed by atoms with Crippen LogP contribution in [-0.4, -0.2) is 42.2 Å². The zero-order chi connectivity index (χ0) is 17.0. The highest BCUT2D eigenvalue weighted by Crippen LogP contribution is 2.32. The lowest BCUT2D eigenvalue weighted by Gasteiger charge is -2.40. The van der Waals surface area contributed by atoms with Crippen LogP contribution in [0.5, 0.6) is 11.5 Å². The Morgan fingerprint density at radius 2 is 1.91 bits per heavy atom. The molecule has 1 aliphatic rings. The SMILES string of the molecule is COc1ccc([N+](=O)[O-])cc1OCC1CCN(C(C)(C)C)CC1. The number of piperidine rings is 1. The van der Waals surface area contributed by atoms with Gasteiger partial charge in [0.05, 0.1) is 24.7 Å². The molecular formula is C17H26N2O4. The lowest BCUT2D eigenvalue weighted by molar-refractivity contribution is -0.385. The zero-order valence-corrected chi connectivity index (χ0v) is 14.4. The van der Waals surface area contributed by atoms with Crippen LogP contribution in [0.1, 0.15) is 33.6 Å². The van der Waals surface area contributed by atoms with E-state index in [9.17, 15) is 10.1 Å². The summed E-state index contributed by atoms with van der Waals surface area (Å²) >= 11 is 0. The molecule has 1 aliphatic heterocycles. The minimum Gasteiger partial charge on any atom is -0.493 e. The first-order valence-corrected chi connectivity index (χ1v) is 8.01. The molecule has 0 spiro atoms. The molecular weight excluding hydrogens is 296 g/mol. The third-order valence-corrected chi connectivity index (χ3v) is 4.40. The molecule has 1 heterocycles. The molecule has 0 saturated carbocycles. The van der Waals surface area contributed by atoms with E-state index in [0.29, 0.717) is 24.0 Å². The molecule has 0 amide bonds. The predicted octanol–water partition coefficient (Wildman–Crippen LogP) is 3.49. The van der Waals surface area contributed by atoms with Gasteiger partial charge in [0.15, 0.2) is 11.5 Å². The Labute approximate surface area is 137 Å². The molecule has 0 unspecified atom stereocenters. The summed E-state index contributed by atoms with van der Waals surface area (Å²) in [7, 11) is 1.54. The van der Waals surface area contributed by atoms with Crippen molar-refractivity contribution in [1.82, 2.24) is 4.90 Å². The van der Waals surface area contributed by atoms with E-state index in [1.54, 1.807) is 6.07 Å². The fourth-order valence-corrected chi connectivity index (χ4v) is 2.87. The molecule has 1 aromatic rings. The number of hydrogen-bond acceptors (Lipinski definition) is 5.